The van der Waals surface area contributed by atoms with Crippen LogP contribution in [0.3, 0.4) is 0 Å². The van der Waals surface area contributed by atoms with Gasteiger partial charge in [-0.25, -0.2) is 4.98 Å². The normalized spacial score (nSPS) is 13.3. The Kier molecular flexibility index (Phi) is 5.34. The maximum atomic E-state index is 12.4. The molecule has 0 amide bonds. The van der Waals surface area contributed by atoms with Crippen LogP contribution in [0.2, 0.25) is 0 Å². The number of hydrogen-bond donors (Lipinski definition) is 2. The van der Waals surface area contributed by atoms with Gasteiger partial charge in [-0.1, -0.05) is 13.3 Å². The highest BCUT2D eigenvalue weighted by Gasteiger charge is 2.11. The molecule has 0 aliphatic carbocycles. The van der Waals surface area contributed by atoms with E-state index in [-0.39, 0.29) is 12.4 Å². The second-order valence-electron chi connectivity index (χ2n) is 3.60. The molecule has 6 heteroatoms. The molecule has 0 aliphatic heterocycles. The van der Waals surface area contributed by atoms with Gasteiger partial charge in [0.1, 0.15) is 5.82 Å². The van der Waals surface area contributed by atoms with E-state index in [1.54, 1.807) is 0 Å². The lowest BCUT2D eigenvalue weighted by Gasteiger charge is -2.11. The van der Waals surface area contributed by atoms with E-state index < -0.39 is 12.7 Å². The lowest BCUT2D eigenvalue weighted by Crippen LogP contribution is -2.27. The monoisotopic (exact) mass is 233 g/mol. The number of alkyl halides is 2. The van der Waals surface area contributed by atoms with Crippen molar-refractivity contribution in [2.75, 3.05) is 6.54 Å². The van der Waals surface area contributed by atoms with Crippen molar-refractivity contribution in [1.29, 1.82) is 0 Å². The minimum Gasteiger partial charge on any atom is -0.392 e. The van der Waals surface area contributed by atoms with E-state index >= 15 is 0 Å². The van der Waals surface area contributed by atoms with Gasteiger partial charge >= 0.3 is 6.55 Å². The number of aromatic nitrogens is 2. The molecule has 0 saturated carbocycles. The Balaban J connectivity index is 2.34. The molecule has 0 aliphatic rings. The number of aliphatic hydroxyl groups excluding tert-OH is 1. The zero-order valence-electron chi connectivity index (χ0n) is 9.24. The first-order chi connectivity index (χ1) is 7.65. The molecule has 92 valence electrons. The molecule has 1 rings (SSSR count). The first-order valence-corrected chi connectivity index (χ1v) is 5.33. The lowest BCUT2D eigenvalue weighted by atomic mass is 10.2. The smallest absolute Gasteiger partial charge is 0.319 e. The summed E-state index contributed by atoms with van der Waals surface area (Å²) in [6.45, 7) is 0.0364. The Labute approximate surface area is 93.3 Å². The van der Waals surface area contributed by atoms with Gasteiger partial charge in [-0.3, -0.25) is 4.57 Å². The predicted molar refractivity (Wildman–Crippen MR) is 56.1 cm³/mol. The molecule has 1 heterocycles. The van der Waals surface area contributed by atoms with Gasteiger partial charge in [0, 0.05) is 18.9 Å². The molecule has 16 heavy (non-hydrogen) atoms. The summed E-state index contributed by atoms with van der Waals surface area (Å²) < 4.78 is 25.6. The molecule has 0 aromatic carbocycles. The van der Waals surface area contributed by atoms with Crippen molar-refractivity contribution in [3.05, 3.63) is 18.2 Å². The maximum Gasteiger partial charge on any atom is 0.319 e. The van der Waals surface area contributed by atoms with Crippen LogP contribution < -0.4 is 5.32 Å². The molecule has 0 bridgehead atoms. The quantitative estimate of drug-likeness (QED) is 0.751. The van der Waals surface area contributed by atoms with Crippen molar-refractivity contribution in [2.24, 2.45) is 0 Å². The third-order valence-electron chi connectivity index (χ3n) is 2.24. The number of nitrogens with zero attached hydrogens (tertiary/aromatic N) is 2. The summed E-state index contributed by atoms with van der Waals surface area (Å²) in [5.74, 6) is 0.277. The van der Waals surface area contributed by atoms with Gasteiger partial charge in [-0.15, -0.1) is 0 Å². The van der Waals surface area contributed by atoms with Crippen LogP contribution in [-0.4, -0.2) is 27.3 Å². The van der Waals surface area contributed by atoms with Crippen LogP contribution in [0.1, 0.15) is 32.1 Å². The minimum atomic E-state index is -2.57. The Morgan fingerprint density at radius 3 is 2.94 bits per heavy atom. The van der Waals surface area contributed by atoms with E-state index in [9.17, 15) is 13.9 Å². The fourth-order valence-corrected chi connectivity index (χ4v) is 1.44. The molecule has 0 radical (unpaired) electrons. The van der Waals surface area contributed by atoms with Crippen molar-refractivity contribution >= 4 is 0 Å². The largest absolute Gasteiger partial charge is 0.392 e. The van der Waals surface area contributed by atoms with Crippen molar-refractivity contribution in [1.82, 2.24) is 14.9 Å². The van der Waals surface area contributed by atoms with Gasteiger partial charge < -0.3 is 10.4 Å². The zero-order chi connectivity index (χ0) is 12.0. The van der Waals surface area contributed by atoms with E-state index in [1.807, 2.05) is 6.92 Å². The summed E-state index contributed by atoms with van der Waals surface area (Å²) in [4.78, 5) is 3.82. The standard InChI is InChI=1S/C10H17F2N3O/c1-2-3-8(16)6-13-7-9-14-4-5-15(9)10(11)12/h4-5,8,10,13,16H,2-3,6-7H2,1H3. The van der Waals surface area contributed by atoms with E-state index in [0.29, 0.717) is 13.0 Å². The Morgan fingerprint density at radius 2 is 2.31 bits per heavy atom. The predicted octanol–water partition coefficient (Wildman–Crippen LogP) is 1.53. The highest BCUT2D eigenvalue weighted by atomic mass is 19.3. The summed E-state index contributed by atoms with van der Waals surface area (Å²) in [5.41, 5.74) is 0. The molecular formula is C10H17F2N3O. The van der Waals surface area contributed by atoms with Crippen LogP contribution in [0.5, 0.6) is 0 Å². The number of aliphatic hydroxyl groups is 1. The second kappa shape index (κ2) is 6.55. The Hall–Kier alpha value is -1.01. The number of nitrogens with one attached hydrogen (secondary N) is 1. The summed E-state index contributed by atoms with van der Waals surface area (Å²) in [6.07, 6.45) is 3.75. The molecule has 1 unspecified atom stereocenters. The van der Waals surface area contributed by atoms with E-state index in [4.69, 9.17) is 0 Å². The molecule has 2 N–H and O–H groups in total. The average Bonchev–Trinajstić information content (AvgIpc) is 2.66. The van der Waals surface area contributed by atoms with E-state index in [1.165, 1.54) is 12.4 Å². The van der Waals surface area contributed by atoms with Crippen molar-refractivity contribution < 1.29 is 13.9 Å². The van der Waals surface area contributed by atoms with Gasteiger partial charge in [0.15, 0.2) is 0 Å². The van der Waals surface area contributed by atoms with E-state index in [2.05, 4.69) is 10.3 Å². The van der Waals surface area contributed by atoms with Gasteiger partial charge in [0.05, 0.1) is 12.6 Å². The molecule has 0 spiro atoms. The summed E-state index contributed by atoms with van der Waals surface area (Å²) in [6, 6.07) is 0. The van der Waals surface area contributed by atoms with Crippen molar-refractivity contribution in [3.63, 3.8) is 0 Å². The van der Waals surface area contributed by atoms with Gasteiger partial charge in [-0.05, 0) is 6.42 Å². The van der Waals surface area contributed by atoms with E-state index in [0.717, 1.165) is 11.0 Å². The van der Waals surface area contributed by atoms with Crippen molar-refractivity contribution in [3.8, 4) is 0 Å². The summed E-state index contributed by atoms with van der Waals surface area (Å²) in [5, 5.41) is 12.3. The molecule has 1 aromatic heterocycles. The van der Waals surface area contributed by atoms with Crippen molar-refractivity contribution in [2.45, 2.75) is 39.0 Å². The molecule has 0 saturated heterocycles. The SMILES string of the molecule is CCCC(O)CNCc1nccn1C(F)F. The van der Waals surface area contributed by atoms with Crippen LogP contribution in [0, 0.1) is 0 Å². The van der Waals surface area contributed by atoms with Crippen LogP contribution in [0.4, 0.5) is 8.78 Å². The first kappa shape index (κ1) is 13.1. The van der Waals surface area contributed by atoms with Gasteiger partial charge in [0.2, 0.25) is 0 Å². The highest BCUT2D eigenvalue weighted by molar-refractivity contribution is 4.92. The number of rotatable bonds is 7. The molecule has 1 atom stereocenters. The minimum absolute atomic E-state index is 0.234. The van der Waals surface area contributed by atoms with Crippen LogP contribution >= 0.6 is 0 Å². The second-order valence-corrected chi connectivity index (χ2v) is 3.60. The summed E-state index contributed by atoms with van der Waals surface area (Å²) in [7, 11) is 0. The Morgan fingerprint density at radius 1 is 1.56 bits per heavy atom. The number of imidazole rings is 1. The third-order valence-corrected chi connectivity index (χ3v) is 2.24. The molecule has 4 nitrogen and oxygen atoms in total. The number of halogens is 2. The zero-order valence-corrected chi connectivity index (χ0v) is 9.24. The fraction of sp³-hybridized carbons (Fsp3) is 0.700. The molecule has 0 fully saturated rings. The van der Waals surface area contributed by atoms with Gasteiger partial charge in [0.25, 0.3) is 0 Å². The van der Waals surface area contributed by atoms with Gasteiger partial charge in [-0.2, -0.15) is 8.78 Å². The summed E-state index contributed by atoms with van der Waals surface area (Å²) >= 11 is 0. The maximum absolute atomic E-state index is 12.4. The fourth-order valence-electron chi connectivity index (χ4n) is 1.44. The topological polar surface area (TPSA) is 50.1 Å². The van der Waals surface area contributed by atoms with Crippen LogP contribution in [-0.2, 0) is 6.54 Å². The lowest BCUT2D eigenvalue weighted by molar-refractivity contribution is 0.0664. The molecular weight excluding hydrogens is 216 g/mol. The molecule has 1 aromatic rings. The third kappa shape index (κ3) is 3.86. The average molecular weight is 233 g/mol. The highest BCUT2D eigenvalue weighted by Crippen LogP contribution is 2.11. The van der Waals surface area contributed by atoms with Crippen LogP contribution in [0.25, 0.3) is 0 Å². The first-order valence-electron chi connectivity index (χ1n) is 5.33. The number of hydrogen-bond acceptors (Lipinski definition) is 3. The Bertz CT molecular complexity index is 304. The van der Waals surface area contributed by atoms with Crippen LogP contribution in [0.15, 0.2) is 12.4 Å².